The maximum Gasteiger partial charge on any atom is 0.337 e. The number of anilines is 3. The summed E-state index contributed by atoms with van der Waals surface area (Å²) in [7, 11) is 0. The first-order chi connectivity index (χ1) is 17.1. The Hall–Kier alpha value is -3.00. The zero-order chi connectivity index (χ0) is 24.6. The highest BCUT2D eigenvalue weighted by molar-refractivity contribution is 9.10. The Balaban J connectivity index is 1.47. The Morgan fingerprint density at radius 3 is 2.31 bits per heavy atom. The summed E-state index contributed by atoms with van der Waals surface area (Å²) in [6, 6.07) is 24.8. The summed E-state index contributed by atoms with van der Waals surface area (Å²) in [5.41, 5.74) is 10.7. The molecule has 3 N–H and O–H groups in total. The van der Waals surface area contributed by atoms with Crippen molar-refractivity contribution in [3.8, 4) is 11.3 Å². The number of nitrogens with zero attached hydrogens (tertiary/aromatic N) is 2. The number of hydrazine groups is 1. The van der Waals surface area contributed by atoms with Gasteiger partial charge in [-0.2, -0.15) is 0 Å². The second-order valence-electron chi connectivity index (χ2n) is 7.67. The fourth-order valence-corrected chi connectivity index (χ4v) is 4.60. The highest BCUT2D eigenvalue weighted by atomic mass is 79.9. The number of hydrogen-bond donors (Lipinski definition) is 3. The third-order valence-electron chi connectivity index (χ3n) is 5.38. The molecule has 0 bridgehead atoms. The van der Waals surface area contributed by atoms with E-state index in [-0.39, 0.29) is 6.03 Å². The summed E-state index contributed by atoms with van der Waals surface area (Å²) < 4.78 is 0.943. The lowest BCUT2D eigenvalue weighted by molar-refractivity contribution is 0.254. The van der Waals surface area contributed by atoms with Crippen LogP contribution in [0.2, 0.25) is 0 Å². The molecule has 0 radical (unpaired) electrons. The van der Waals surface area contributed by atoms with E-state index in [1.54, 1.807) is 0 Å². The van der Waals surface area contributed by atoms with Crippen LogP contribution >= 0.6 is 39.1 Å². The van der Waals surface area contributed by atoms with Crippen LogP contribution < -0.4 is 21.1 Å². The molecule has 0 aliphatic rings. The highest BCUT2D eigenvalue weighted by Gasteiger charge is 2.11. The molecule has 6 nitrogen and oxygen atoms in total. The van der Waals surface area contributed by atoms with Gasteiger partial charge in [0.25, 0.3) is 0 Å². The summed E-state index contributed by atoms with van der Waals surface area (Å²) in [4.78, 5) is 19.5. The smallest absolute Gasteiger partial charge is 0.337 e. The first-order valence-electron chi connectivity index (χ1n) is 11.0. The number of fused-ring (bicyclic) bond motifs is 1. The van der Waals surface area contributed by atoms with Gasteiger partial charge in [0, 0.05) is 51.6 Å². The van der Waals surface area contributed by atoms with Gasteiger partial charge in [-0.3, -0.25) is 10.9 Å². The van der Waals surface area contributed by atoms with Crippen LogP contribution in [0.5, 0.6) is 0 Å². The van der Waals surface area contributed by atoms with Crippen LogP contribution in [0.25, 0.3) is 22.2 Å². The van der Waals surface area contributed by atoms with Crippen LogP contribution in [0.15, 0.2) is 83.3 Å². The quantitative estimate of drug-likeness (QED) is 0.148. The van der Waals surface area contributed by atoms with E-state index in [1.165, 1.54) is 0 Å². The lowest BCUT2D eigenvalue weighted by Crippen LogP contribution is -2.33. The zero-order valence-electron chi connectivity index (χ0n) is 18.8. The van der Waals surface area contributed by atoms with Crippen LogP contribution in [0.3, 0.4) is 0 Å². The molecule has 0 spiro atoms. The number of rotatable bonds is 9. The van der Waals surface area contributed by atoms with Gasteiger partial charge in [0.2, 0.25) is 0 Å². The standard InChI is InChI=1S/C26H24BrCl2N5O/c27-22-7-3-1-5-20(22)24-17-25(21-6-2-4-8-23(21)31-24)32-33-26(35)30-18-9-11-19(12-10-18)34(15-13-28)16-14-29/h1-12,17H,13-16H2,(H,31,32)(H2,30,33,35). The van der Waals surface area contributed by atoms with Gasteiger partial charge in [0.15, 0.2) is 0 Å². The van der Waals surface area contributed by atoms with Crippen LogP contribution in [-0.2, 0) is 0 Å². The molecule has 0 saturated carbocycles. The first-order valence-corrected chi connectivity index (χ1v) is 12.9. The van der Waals surface area contributed by atoms with Crippen LogP contribution in [0.4, 0.5) is 21.9 Å². The molecule has 0 atom stereocenters. The number of urea groups is 1. The van der Waals surface area contributed by atoms with Crippen molar-refractivity contribution in [2.45, 2.75) is 0 Å². The summed E-state index contributed by atoms with van der Waals surface area (Å²) >= 11 is 15.4. The molecule has 35 heavy (non-hydrogen) atoms. The number of alkyl halides is 2. The second-order valence-corrected chi connectivity index (χ2v) is 9.28. The fourth-order valence-electron chi connectivity index (χ4n) is 3.70. The predicted octanol–water partition coefficient (Wildman–Crippen LogP) is 7.10. The van der Waals surface area contributed by atoms with Gasteiger partial charge in [-0.25, -0.2) is 9.78 Å². The van der Waals surface area contributed by atoms with Crippen molar-refractivity contribution < 1.29 is 4.79 Å². The number of para-hydroxylation sites is 1. The maximum absolute atomic E-state index is 12.6. The van der Waals surface area contributed by atoms with Crippen LogP contribution in [-0.4, -0.2) is 35.9 Å². The average Bonchev–Trinajstić information content (AvgIpc) is 2.88. The number of halogens is 3. The third kappa shape index (κ3) is 6.36. The van der Waals surface area contributed by atoms with Gasteiger partial charge in [-0.05, 0) is 42.5 Å². The van der Waals surface area contributed by atoms with Crippen molar-refractivity contribution in [2.24, 2.45) is 0 Å². The molecule has 9 heteroatoms. The Morgan fingerprint density at radius 1 is 0.914 bits per heavy atom. The lowest BCUT2D eigenvalue weighted by Gasteiger charge is -2.23. The Morgan fingerprint density at radius 2 is 1.60 bits per heavy atom. The van der Waals surface area contributed by atoms with Gasteiger partial charge >= 0.3 is 6.03 Å². The van der Waals surface area contributed by atoms with Crippen LogP contribution in [0.1, 0.15) is 0 Å². The van der Waals surface area contributed by atoms with E-state index in [4.69, 9.17) is 28.2 Å². The number of carbonyl (C=O) groups is 1. The van der Waals surface area contributed by atoms with Crippen molar-refractivity contribution in [3.63, 3.8) is 0 Å². The molecule has 0 unspecified atom stereocenters. The molecule has 0 aliphatic heterocycles. The summed E-state index contributed by atoms with van der Waals surface area (Å²) in [5, 5.41) is 3.73. The van der Waals surface area contributed by atoms with Gasteiger partial charge in [0.05, 0.1) is 16.9 Å². The number of benzene rings is 3. The summed E-state index contributed by atoms with van der Waals surface area (Å²) in [5.74, 6) is 1.02. The van der Waals surface area contributed by atoms with E-state index in [1.807, 2.05) is 78.9 Å². The second kappa shape index (κ2) is 12.1. The zero-order valence-corrected chi connectivity index (χ0v) is 21.9. The minimum absolute atomic E-state index is 0.389. The molecule has 0 aliphatic carbocycles. The molecule has 2 amide bonds. The number of nitrogens with one attached hydrogen (secondary N) is 3. The normalized spacial score (nSPS) is 10.7. The summed E-state index contributed by atoms with van der Waals surface area (Å²) in [6.07, 6.45) is 0. The van der Waals surface area contributed by atoms with E-state index in [9.17, 15) is 4.79 Å². The predicted molar refractivity (Wildman–Crippen MR) is 151 cm³/mol. The topological polar surface area (TPSA) is 69.3 Å². The minimum Gasteiger partial charge on any atom is -0.369 e. The highest BCUT2D eigenvalue weighted by Crippen LogP contribution is 2.31. The molecule has 1 aromatic heterocycles. The molecule has 4 aromatic rings. The molecular formula is C26H24BrCl2N5O. The van der Waals surface area contributed by atoms with Gasteiger partial charge < -0.3 is 10.2 Å². The number of aromatic nitrogens is 1. The SMILES string of the molecule is O=C(NNc1cc(-c2ccccc2Br)nc2ccccc12)Nc1ccc(N(CCCl)CCCl)cc1. The van der Waals surface area contributed by atoms with E-state index < -0.39 is 0 Å². The van der Waals surface area contributed by atoms with Crippen molar-refractivity contribution in [1.82, 2.24) is 10.4 Å². The van der Waals surface area contributed by atoms with Crippen molar-refractivity contribution >= 4 is 73.1 Å². The maximum atomic E-state index is 12.6. The first kappa shape index (κ1) is 25.1. The lowest BCUT2D eigenvalue weighted by atomic mass is 10.1. The molecule has 1 heterocycles. The molecule has 180 valence electrons. The Bertz CT molecular complexity index is 1300. The molecule has 3 aromatic carbocycles. The van der Waals surface area contributed by atoms with E-state index in [0.29, 0.717) is 30.5 Å². The summed E-state index contributed by atoms with van der Waals surface area (Å²) in [6.45, 7) is 1.40. The Kier molecular flexibility index (Phi) is 8.69. The van der Waals surface area contributed by atoms with Gasteiger partial charge in [-0.15, -0.1) is 23.2 Å². The number of amides is 2. The third-order valence-corrected chi connectivity index (χ3v) is 6.41. The number of pyridine rings is 1. The Labute approximate surface area is 222 Å². The monoisotopic (exact) mass is 571 g/mol. The largest absolute Gasteiger partial charge is 0.369 e. The van der Waals surface area contributed by atoms with Crippen molar-refractivity contribution in [2.75, 3.05) is 40.5 Å². The van der Waals surface area contributed by atoms with Crippen LogP contribution in [0, 0.1) is 0 Å². The van der Waals surface area contributed by atoms with E-state index >= 15 is 0 Å². The number of hydrogen-bond acceptors (Lipinski definition) is 4. The molecular weight excluding hydrogens is 549 g/mol. The molecule has 0 saturated heterocycles. The van der Waals surface area contributed by atoms with Crippen molar-refractivity contribution in [1.29, 1.82) is 0 Å². The van der Waals surface area contributed by atoms with Gasteiger partial charge in [-0.1, -0.05) is 52.3 Å². The molecule has 4 rings (SSSR count). The van der Waals surface area contributed by atoms with E-state index in [0.717, 1.165) is 38.0 Å². The number of carbonyl (C=O) groups excluding carboxylic acids is 1. The average molecular weight is 573 g/mol. The minimum atomic E-state index is -0.389. The van der Waals surface area contributed by atoms with E-state index in [2.05, 4.69) is 37.0 Å². The van der Waals surface area contributed by atoms with Crippen molar-refractivity contribution in [3.05, 3.63) is 83.3 Å². The van der Waals surface area contributed by atoms with Gasteiger partial charge in [0.1, 0.15) is 0 Å². The fraction of sp³-hybridized carbons (Fsp3) is 0.154. The molecule has 0 fully saturated rings.